The van der Waals surface area contributed by atoms with Crippen molar-refractivity contribution in [3.63, 3.8) is 0 Å². The van der Waals surface area contributed by atoms with Crippen molar-refractivity contribution in [3.05, 3.63) is 169 Å². The van der Waals surface area contributed by atoms with E-state index in [1.165, 1.54) is 0 Å². The number of rotatable bonds is 4. The van der Waals surface area contributed by atoms with Crippen molar-refractivity contribution in [2.75, 3.05) is 0 Å². The van der Waals surface area contributed by atoms with E-state index in [-0.39, 0.29) is 0 Å². The fourth-order valence-electron chi connectivity index (χ4n) is 5.08. The molecule has 0 spiro atoms. The minimum absolute atomic E-state index is 0.523. The van der Waals surface area contributed by atoms with Crippen LogP contribution in [-0.4, -0.2) is 0 Å². The van der Waals surface area contributed by atoms with Gasteiger partial charge in [-0.1, -0.05) is 145 Å². The molecule has 1 heterocycles. The third-order valence-corrected chi connectivity index (χ3v) is 7.01. The fourth-order valence-corrected chi connectivity index (χ4v) is 5.08. The first-order chi connectivity index (χ1) is 34.0. The van der Waals surface area contributed by atoms with Crippen molar-refractivity contribution in [1.29, 1.82) is 0 Å². The zero-order valence-corrected chi connectivity index (χ0v) is 22.4. The molecule has 0 unspecified atom stereocenters. The quantitative estimate of drug-likeness (QED) is 0.183. The molecule has 9 aromatic rings. The van der Waals surface area contributed by atoms with Gasteiger partial charge >= 0.3 is 0 Å². The second-order valence-corrected chi connectivity index (χ2v) is 9.51. The zero-order valence-electron chi connectivity index (χ0n) is 50.4. The summed E-state index contributed by atoms with van der Waals surface area (Å²) in [6.45, 7) is 0. The third-order valence-electron chi connectivity index (χ3n) is 7.01. The first-order valence-corrected chi connectivity index (χ1v) is 13.2. The van der Waals surface area contributed by atoms with E-state index in [0.717, 1.165) is 0 Å². The number of furan rings is 1. The predicted octanol–water partition coefficient (Wildman–Crippen LogP) is 12.6. The average molecular weight is 601 g/mol. The van der Waals surface area contributed by atoms with Crippen molar-refractivity contribution < 1.29 is 42.8 Å². The standard InChI is InChI=1S/C44H28O/c1-3-11-29(12-4-1)33-23-25-41-39(27-33)40-28-34(24-26-42(40)45-41)30-19-21-32(22-20-30)44-37-17-9-7-15-35(37)43(31-13-5-2-6-14-31)36-16-8-10-18-38(36)44/h1-28H/i1D,2D,3D,4D,5D,6D,7D,8D,9D,10D,11D,12D,13D,14D,15D,16D,17D,18D,19D,20D,21D,22D,23D,24D,25D,26D,27D,28D. The van der Waals surface area contributed by atoms with Crippen LogP contribution in [0.3, 0.4) is 0 Å². The molecule has 0 bridgehead atoms. The van der Waals surface area contributed by atoms with Crippen LogP contribution < -0.4 is 0 Å². The van der Waals surface area contributed by atoms with Crippen LogP contribution in [0, 0.1) is 0 Å². The molecule has 45 heavy (non-hydrogen) atoms. The van der Waals surface area contributed by atoms with E-state index in [2.05, 4.69) is 0 Å². The number of benzene rings is 8. The summed E-state index contributed by atoms with van der Waals surface area (Å²) >= 11 is 0. The van der Waals surface area contributed by atoms with Gasteiger partial charge in [-0.15, -0.1) is 0 Å². The third kappa shape index (κ3) is 4.24. The second-order valence-electron chi connectivity index (χ2n) is 9.51. The van der Waals surface area contributed by atoms with E-state index in [1.807, 2.05) is 0 Å². The molecule has 8 aromatic carbocycles. The lowest BCUT2D eigenvalue weighted by molar-refractivity contribution is 0.669. The van der Waals surface area contributed by atoms with E-state index < -0.39 is 257 Å². The van der Waals surface area contributed by atoms with Gasteiger partial charge in [0.05, 0.1) is 38.4 Å². The lowest BCUT2D eigenvalue weighted by Gasteiger charge is -2.18. The van der Waals surface area contributed by atoms with Gasteiger partial charge in [0.2, 0.25) is 0 Å². The molecule has 0 radical (unpaired) electrons. The van der Waals surface area contributed by atoms with E-state index in [4.69, 9.17) is 29.1 Å². The van der Waals surface area contributed by atoms with Crippen molar-refractivity contribution >= 4 is 43.5 Å². The maximum atomic E-state index is 9.53. The van der Waals surface area contributed by atoms with Gasteiger partial charge < -0.3 is 4.42 Å². The first kappa shape index (κ1) is 10.1. The molecule has 0 aliphatic carbocycles. The molecule has 0 saturated carbocycles. The molecule has 0 aliphatic rings. The summed E-state index contributed by atoms with van der Waals surface area (Å²) < 4.78 is 254. The highest BCUT2D eigenvalue weighted by Gasteiger charge is 2.16. The van der Waals surface area contributed by atoms with Crippen molar-refractivity contribution in [2.24, 2.45) is 0 Å². The molecule has 0 saturated heterocycles. The van der Waals surface area contributed by atoms with Crippen LogP contribution in [-0.2, 0) is 0 Å². The predicted molar refractivity (Wildman–Crippen MR) is 190 cm³/mol. The highest BCUT2D eigenvalue weighted by Crippen LogP contribution is 2.44. The Morgan fingerprint density at radius 2 is 0.622 bits per heavy atom. The van der Waals surface area contributed by atoms with Gasteiger partial charge in [0, 0.05) is 10.8 Å². The highest BCUT2D eigenvalue weighted by molar-refractivity contribution is 6.21. The van der Waals surface area contributed by atoms with Gasteiger partial charge in [-0.05, 0) is 90.2 Å². The Hall–Kier alpha value is -5.92. The van der Waals surface area contributed by atoms with Crippen molar-refractivity contribution in [3.8, 4) is 44.5 Å². The van der Waals surface area contributed by atoms with Gasteiger partial charge in [0.25, 0.3) is 0 Å². The first-order valence-electron chi connectivity index (χ1n) is 27.2. The fraction of sp³-hybridized carbons (Fsp3) is 0. The molecule has 0 fully saturated rings. The van der Waals surface area contributed by atoms with Crippen LogP contribution in [0.1, 0.15) is 38.4 Å². The number of hydrogen-bond donors (Lipinski definition) is 0. The van der Waals surface area contributed by atoms with Crippen LogP contribution in [0.4, 0.5) is 0 Å². The topological polar surface area (TPSA) is 13.1 Å². The molecule has 0 atom stereocenters. The molecular formula is C44H28O. The summed E-state index contributed by atoms with van der Waals surface area (Å²) in [5, 5.41) is -3.92. The Balaban J connectivity index is 1.47. The lowest BCUT2D eigenvalue weighted by atomic mass is 9.86. The molecule has 0 N–H and O–H groups in total. The molecule has 1 heteroatoms. The summed E-state index contributed by atoms with van der Waals surface area (Å²) in [5.41, 5.74) is -7.24. The molecule has 210 valence electrons. The van der Waals surface area contributed by atoms with Crippen LogP contribution in [0.25, 0.3) is 88.0 Å². The number of fused-ring (bicyclic) bond motifs is 5. The van der Waals surface area contributed by atoms with Crippen LogP contribution in [0.2, 0.25) is 0 Å². The van der Waals surface area contributed by atoms with E-state index in [1.54, 1.807) is 0 Å². The summed E-state index contributed by atoms with van der Waals surface area (Å²) in [6.07, 6.45) is 0. The highest BCUT2D eigenvalue weighted by atomic mass is 16.3. The van der Waals surface area contributed by atoms with E-state index in [0.29, 0.717) is 0 Å². The lowest BCUT2D eigenvalue weighted by Crippen LogP contribution is -1.90. The molecule has 9 rings (SSSR count). The zero-order chi connectivity index (χ0) is 54.1. The second kappa shape index (κ2) is 10.4. The smallest absolute Gasteiger partial charge is 0.135 e. The number of hydrogen-bond acceptors (Lipinski definition) is 1. The SMILES string of the molecule is [2H]c1c([2H])c([2H])c(-c2c([2H])c([2H])c3oc4c([2H])c([2H])c(-c5c([2H])c([2H])c(-c6c7c([2H])c([2H])c([2H])c([2H])c7c(-c7c([2H])c([2H])c([2H])c([2H])c7[2H])c7c([2H])c([2H])c([2H])c([2H])c67)c([2H])c5[2H])c([2H])c4c3c2[2H])c([2H])c1[2H]. The molecule has 0 amide bonds. The van der Waals surface area contributed by atoms with Crippen molar-refractivity contribution in [2.45, 2.75) is 0 Å². The largest absolute Gasteiger partial charge is 0.456 e. The molecule has 1 aromatic heterocycles. The molecule has 1 nitrogen and oxygen atoms in total. The summed E-state index contributed by atoms with van der Waals surface area (Å²) in [7, 11) is 0. The van der Waals surface area contributed by atoms with Crippen molar-refractivity contribution in [1.82, 2.24) is 0 Å². The molecule has 0 aliphatic heterocycles. The molecular weight excluding hydrogens is 544 g/mol. The van der Waals surface area contributed by atoms with Crippen LogP contribution in [0.15, 0.2) is 174 Å². The summed E-state index contributed by atoms with van der Waals surface area (Å²) in [6, 6.07) is -26.1. The maximum absolute atomic E-state index is 9.53. The minimum atomic E-state index is -1.10. The van der Waals surface area contributed by atoms with Gasteiger partial charge in [-0.3, -0.25) is 0 Å². The van der Waals surface area contributed by atoms with Crippen LogP contribution in [0.5, 0.6) is 0 Å². The Morgan fingerprint density at radius 3 is 1.09 bits per heavy atom. The normalized spacial score (nSPS) is 20.3. The van der Waals surface area contributed by atoms with Gasteiger partial charge in [-0.25, -0.2) is 0 Å². The average Bonchev–Trinajstić information content (AvgIpc) is 3.78. The maximum Gasteiger partial charge on any atom is 0.135 e. The Morgan fingerprint density at radius 1 is 0.289 bits per heavy atom. The van der Waals surface area contributed by atoms with Gasteiger partial charge in [0.1, 0.15) is 11.2 Å². The van der Waals surface area contributed by atoms with Gasteiger partial charge in [-0.2, -0.15) is 0 Å². The van der Waals surface area contributed by atoms with Gasteiger partial charge in [0.15, 0.2) is 0 Å². The monoisotopic (exact) mass is 600 g/mol. The van der Waals surface area contributed by atoms with E-state index >= 15 is 0 Å². The van der Waals surface area contributed by atoms with Crippen LogP contribution >= 0.6 is 0 Å². The Labute approximate surface area is 301 Å². The summed E-state index contributed by atoms with van der Waals surface area (Å²) in [5.74, 6) is 0. The van der Waals surface area contributed by atoms with E-state index in [9.17, 15) is 13.7 Å². The summed E-state index contributed by atoms with van der Waals surface area (Å²) in [4.78, 5) is 0. The Bertz CT molecular complexity index is 3950. The Kier molecular flexibility index (Phi) is 2.32. The minimum Gasteiger partial charge on any atom is -0.456 e.